The number of hydrogen-bond acceptors (Lipinski definition) is 20. The zero-order chi connectivity index (χ0) is 61.5. The first kappa shape index (κ1) is 67.7. The summed E-state index contributed by atoms with van der Waals surface area (Å²) in [5.74, 6) is -7.35. The van der Waals surface area contributed by atoms with Gasteiger partial charge in [-0.2, -0.15) is 0 Å². The largest absolute Gasteiger partial charge is 0.454 e. The van der Waals surface area contributed by atoms with Gasteiger partial charge in [0.05, 0.1) is 17.3 Å². The summed E-state index contributed by atoms with van der Waals surface area (Å²) in [6.07, 6.45) is 8.19. The maximum atomic E-state index is 14.9. The number of allylic oxidation sites excluding steroid dienone is 1. The Hall–Kier alpha value is -5.77. The predicted molar refractivity (Wildman–Crippen MR) is 336 cm³/mol. The highest BCUT2D eigenvalue weighted by atomic mass is 33.1. The van der Waals surface area contributed by atoms with Gasteiger partial charge >= 0.3 is 5.97 Å². The first-order valence-electron chi connectivity index (χ1n) is 29.2. The highest BCUT2D eigenvalue weighted by Crippen LogP contribution is 2.36. The monoisotopic (exact) mass is 1270 g/mol. The first-order valence-corrected chi connectivity index (χ1v) is 34.7. The van der Waals surface area contributed by atoms with Gasteiger partial charge in [-0.3, -0.25) is 43.2 Å². The Morgan fingerprint density at radius 3 is 2.16 bits per heavy atom. The SMILES string of the molecule is CN(C)CCCC[C@@H]1CC(=O)[C@H](CSSc2ccccn2)SC(=O)CC(C(=O)N2CCC[C@H]2C(N)=O)NC(=O)[C@H](CCCCNC(=O)[C@@H](N)CSSc2ccccn2)CC(=O)[C@@H]2CCCN2C(=O)COC(=O)[C@H](CC2=CCc3ccccc32)NC1=O. The van der Waals surface area contributed by atoms with Crippen LogP contribution in [0.2, 0.25) is 0 Å². The van der Waals surface area contributed by atoms with E-state index < -0.39 is 113 Å². The molecule has 86 heavy (non-hydrogen) atoms. The highest BCUT2D eigenvalue weighted by molar-refractivity contribution is 8.77. The number of primary amides is 1. The molecule has 1 unspecified atom stereocenters. The molecule has 464 valence electrons. The van der Waals surface area contributed by atoms with Gasteiger partial charge in [-0.1, -0.05) is 88.7 Å². The number of rotatable bonds is 23. The number of ether oxygens (including phenoxy) is 1. The smallest absolute Gasteiger partial charge is 0.329 e. The van der Waals surface area contributed by atoms with Crippen molar-refractivity contribution in [1.29, 1.82) is 0 Å². The molecule has 7 N–H and O–H groups in total. The van der Waals surface area contributed by atoms with Crippen molar-refractivity contribution >= 4 is 119 Å². The van der Waals surface area contributed by atoms with E-state index in [2.05, 4.69) is 25.9 Å². The van der Waals surface area contributed by atoms with Gasteiger partial charge in [-0.05, 0) is 141 Å². The van der Waals surface area contributed by atoms with E-state index in [4.69, 9.17) is 16.2 Å². The Kier molecular flexibility index (Phi) is 27.3. The molecular formula is C60H78N10O11S5. The summed E-state index contributed by atoms with van der Waals surface area (Å²) in [4.78, 5) is 156. The Labute approximate surface area is 522 Å². The van der Waals surface area contributed by atoms with Crippen LogP contribution >= 0.6 is 54.9 Å². The summed E-state index contributed by atoms with van der Waals surface area (Å²) >= 11 is 0.687. The second-order valence-corrected chi connectivity index (χ2v) is 28.0. The number of nitrogens with zero attached hydrogens (tertiary/aromatic N) is 5. The van der Waals surface area contributed by atoms with Crippen molar-refractivity contribution in [2.45, 2.75) is 142 Å². The maximum absolute atomic E-state index is 14.9. The van der Waals surface area contributed by atoms with E-state index in [0.29, 0.717) is 74.0 Å². The van der Waals surface area contributed by atoms with Crippen LogP contribution in [-0.2, 0) is 59.1 Å². The van der Waals surface area contributed by atoms with Crippen molar-refractivity contribution in [3.8, 4) is 0 Å². The molecule has 4 aliphatic rings. The standard InChI is InChI=1S/C60H78N10O11S5/c1-68(2)28-12-8-17-41-33-49(72)50(37-83-86-52-22-7-11-26-64-52)84-54(74)34-44(59(79)70-30-14-20-47(70)55(62)75)66-56(76)40(16-5-9-27-65-58(78)43(61)36-82-85-51-21-6-10-25-63-51)32-48(71)46-19-13-29-69(46)53(73)35-81-60(80)45(67-57(41)77)31-39-24-23-38-15-3-4-18-42(38)39/h3-4,6-7,10-11,15,18,21-22,24-26,40-41,43-47,50H,5,8-9,12-14,16-17,19-20,23,27-37,61H2,1-2H3,(H2,62,75)(H,65,78)(H,66,76)(H,67,77)/t40-,41-,43+,44?,45+,46+,47+,50+/m1/s1. The average Bonchev–Trinajstić information content (AvgIpc) is 4.03. The Balaban J connectivity index is 1.17. The number of amides is 6. The molecule has 3 fully saturated rings. The van der Waals surface area contributed by atoms with Crippen LogP contribution in [0, 0.1) is 11.8 Å². The lowest BCUT2D eigenvalue weighted by Gasteiger charge is -2.29. The molecule has 1 aliphatic carbocycles. The molecule has 2 aromatic heterocycles. The van der Waals surface area contributed by atoms with Crippen LogP contribution in [0.1, 0.15) is 101 Å². The van der Waals surface area contributed by atoms with Crippen LogP contribution in [0.5, 0.6) is 0 Å². The van der Waals surface area contributed by atoms with Gasteiger partial charge in [0, 0.05) is 81.1 Å². The first-order chi connectivity index (χ1) is 41.4. The van der Waals surface area contributed by atoms with Gasteiger partial charge in [-0.15, -0.1) is 0 Å². The van der Waals surface area contributed by atoms with Crippen LogP contribution < -0.4 is 27.4 Å². The second kappa shape index (κ2) is 34.7. The minimum atomic E-state index is -1.56. The number of cyclic esters (lactones) is 1. The zero-order valence-corrected chi connectivity index (χ0v) is 52.7. The summed E-state index contributed by atoms with van der Waals surface area (Å²) in [6.45, 7) is 0.429. The van der Waals surface area contributed by atoms with Gasteiger partial charge in [-0.25, -0.2) is 14.8 Å². The van der Waals surface area contributed by atoms with Gasteiger partial charge in [0.2, 0.25) is 29.5 Å². The highest BCUT2D eigenvalue weighted by Gasteiger charge is 2.42. The fourth-order valence-electron chi connectivity index (χ4n) is 10.8. The normalized spacial score (nSPS) is 23.3. The number of pyridine rings is 2. The van der Waals surface area contributed by atoms with E-state index in [-0.39, 0.29) is 76.2 Å². The maximum Gasteiger partial charge on any atom is 0.329 e. The van der Waals surface area contributed by atoms with Gasteiger partial charge in [0.25, 0.3) is 5.91 Å². The number of hydrogen-bond donors (Lipinski definition) is 5. The lowest BCUT2D eigenvalue weighted by atomic mass is 9.91. The topological polar surface area (TPSA) is 304 Å². The van der Waals surface area contributed by atoms with E-state index in [9.17, 15) is 47.9 Å². The van der Waals surface area contributed by atoms with Crippen LogP contribution in [0.4, 0.5) is 0 Å². The van der Waals surface area contributed by atoms with E-state index in [0.717, 1.165) is 21.7 Å². The van der Waals surface area contributed by atoms with Crippen molar-refractivity contribution in [1.82, 2.24) is 40.6 Å². The van der Waals surface area contributed by atoms with Crippen molar-refractivity contribution in [2.24, 2.45) is 23.3 Å². The lowest BCUT2D eigenvalue weighted by Crippen LogP contribution is -2.54. The molecule has 6 amide bonds. The summed E-state index contributed by atoms with van der Waals surface area (Å²) in [6, 6.07) is 12.9. The molecular weight excluding hydrogens is 1200 g/mol. The van der Waals surface area contributed by atoms with Crippen LogP contribution in [0.15, 0.2) is 89.2 Å². The van der Waals surface area contributed by atoms with E-state index >= 15 is 0 Å². The second-order valence-electron chi connectivity index (χ2n) is 22.0. The van der Waals surface area contributed by atoms with E-state index in [1.165, 1.54) is 53.0 Å². The number of carbonyl (C=O) groups is 10. The summed E-state index contributed by atoms with van der Waals surface area (Å²) < 4.78 is 5.76. The molecule has 0 radical (unpaired) electrons. The summed E-state index contributed by atoms with van der Waals surface area (Å²) in [7, 11) is 9.21. The Morgan fingerprint density at radius 1 is 0.802 bits per heavy atom. The number of unbranched alkanes of at least 4 members (excludes halogenated alkanes) is 2. The Morgan fingerprint density at radius 2 is 1.47 bits per heavy atom. The number of nitrogens with two attached hydrogens (primary N) is 2. The van der Waals surface area contributed by atoms with Crippen molar-refractivity contribution in [3.63, 3.8) is 0 Å². The molecule has 5 heterocycles. The predicted octanol–water partition coefficient (Wildman–Crippen LogP) is 5.20. The molecule has 3 aromatic rings. The number of nitrogens with one attached hydrogen (secondary N) is 3. The summed E-state index contributed by atoms with van der Waals surface area (Å²) in [5, 5.41) is 8.24. The summed E-state index contributed by atoms with van der Waals surface area (Å²) in [5.41, 5.74) is 14.7. The average molecular weight is 1280 g/mol. The fourth-order valence-corrected chi connectivity index (χ4v) is 16.4. The molecule has 0 bridgehead atoms. The van der Waals surface area contributed by atoms with Crippen LogP contribution in [0.25, 0.3) is 5.57 Å². The van der Waals surface area contributed by atoms with E-state index in [1.54, 1.807) is 30.6 Å². The van der Waals surface area contributed by atoms with Crippen LogP contribution in [-0.4, -0.2) is 177 Å². The molecule has 3 saturated heterocycles. The number of likely N-dealkylation sites (tertiary alicyclic amines) is 1. The number of esters is 1. The molecule has 26 heteroatoms. The number of aromatic nitrogens is 2. The number of Topliss-reactive ketones (excluding diaryl/α,β-unsaturated/α-hetero) is 2. The molecule has 0 saturated carbocycles. The fraction of sp³-hybridized carbons (Fsp3) is 0.533. The zero-order valence-electron chi connectivity index (χ0n) is 48.6. The minimum absolute atomic E-state index is 0.0167. The number of fused-ring (bicyclic) bond motifs is 2. The third kappa shape index (κ3) is 20.7. The molecule has 8 atom stereocenters. The van der Waals surface area contributed by atoms with Crippen LogP contribution in [0.3, 0.4) is 0 Å². The molecule has 0 spiro atoms. The van der Waals surface area contributed by atoms with Crippen molar-refractivity contribution in [2.75, 3.05) is 58.4 Å². The number of carbonyl (C=O) groups excluding carboxylic acids is 10. The van der Waals surface area contributed by atoms with Gasteiger partial charge in [0.1, 0.15) is 34.0 Å². The third-order valence-electron chi connectivity index (χ3n) is 15.4. The molecule has 21 nitrogen and oxygen atoms in total. The minimum Gasteiger partial charge on any atom is -0.454 e. The van der Waals surface area contributed by atoms with Crippen molar-refractivity contribution in [3.05, 3.63) is 90.3 Å². The Bertz CT molecular complexity index is 2890. The van der Waals surface area contributed by atoms with Crippen molar-refractivity contribution < 1.29 is 52.7 Å². The molecule has 1 aromatic carbocycles. The van der Waals surface area contributed by atoms with E-state index in [1.807, 2.05) is 67.5 Å². The number of thioether (sulfide) groups is 1. The molecule has 3 aliphatic heterocycles. The quantitative estimate of drug-likeness (QED) is 0.0463. The lowest BCUT2D eigenvalue weighted by molar-refractivity contribution is -0.155. The number of benzene rings is 1. The van der Waals surface area contributed by atoms with Gasteiger partial charge in [0.15, 0.2) is 17.5 Å². The molecule has 7 rings (SSSR count). The van der Waals surface area contributed by atoms with Gasteiger partial charge < -0.3 is 46.9 Å². The number of ketones is 2. The third-order valence-corrected chi connectivity index (χ3v) is 21.3.